The summed E-state index contributed by atoms with van der Waals surface area (Å²) >= 11 is 0. The Bertz CT molecular complexity index is 385. The number of likely N-dealkylation sites (tertiary alicyclic amines) is 1. The Morgan fingerprint density at radius 3 is 2.35 bits per heavy atom. The van der Waals surface area contributed by atoms with Crippen LogP contribution in [-0.2, 0) is 4.79 Å². The minimum absolute atomic E-state index is 0.281. The first-order valence-electron chi connectivity index (χ1n) is 5.91. The Hall–Kier alpha value is -1.42. The lowest BCUT2D eigenvalue weighted by Gasteiger charge is -2.28. The molecule has 1 N–H and O–H groups in total. The van der Waals surface area contributed by atoms with Crippen molar-refractivity contribution < 1.29 is 14.3 Å². The quantitative estimate of drug-likeness (QED) is 0.853. The number of carbonyl (C=O) groups excluding carboxylic acids is 1. The van der Waals surface area contributed by atoms with E-state index in [1.165, 1.54) is 24.3 Å². The zero-order valence-corrected chi connectivity index (χ0v) is 9.60. The summed E-state index contributed by atoms with van der Waals surface area (Å²) in [5, 5.41) is 9.92. The van der Waals surface area contributed by atoms with Gasteiger partial charge in [0.15, 0.2) is 6.10 Å². The molecule has 1 atom stereocenters. The SMILES string of the molecule is O=C(C(O)c1ccc(F)cc1)N1CCCCC1. The summed E-state index contributed by atoms with van der Waals surface area (Å²) in [6.45, 7) is 1.41. The zero-order chi connectivity index (χ0) is 12.3. The van der Waals surface area contributed by atoms with Crippen molar-refractivity contribution in [2.24, 2.45) is 0 Å². The van der Waals surface area contributed by atoms with Gasteiger partial charge in [-0.2, -0.15) is 0 Å². The predicted octanol–water partition coefficient (Wildman–Crippen LogP) is 1.87. The fourth-order valence-electron chi connectivity index (χ4n) is 2.07. The number of aliphatic hydroxyl groups is 1. The minimum Gasteiger partial charge on any atom is -0.378 e. The van der Waals surface area contributed by atoms with Gasteiger partial charge in [0.25, 0.3) is 5.91 Å². The van der Waals surface area contributed by atoms with Crippen molar-refractivity contribution in [3.63, 3.8) is 0 Å². The van der Waals surface area contributed by atoms with E-state index in [0.29, 0.717) is 18.7 Å². The zero-order valence-electron chi connectivity index (χ0n) is 9.60. The first kappa shape index (κ1) is 12.0. The van der Waals surface area contributed by atoms with Gasteiger partial charge in [-0.3, -0.25) is 4.79 Å². The van der Waals surface area contributed by atoms with Gasteiger partial charge in [-0.05, 0) is 37.0 Å². The molecule has 0 bridgehead atoms. The molecule has 0 aromatic heterocycles. The van der Waals surface area contributed by atoms with Crippen LogP contribution in [0.2, 0.25) is 0 Å². The van der Waals surface area contributed by atoms with Crippen molar-refractivity contribution in [3.05, 3.63) is 35.6 Å². The molecule has 0 aliphatic carbocycles. The van der Waals surface area contributed by atoms with E-state index >= 15 is 0 Å². The van der Waals surface area contributed by atoms with E-state index in [1.807, 2.05) is 0 Å². The highest BCUT2D eigenvalue weighted by Gasteiger charge is 2.24. The van der Waals surface area contributed by atoms with Crippen molar-refractivity contribution in [2.75, 3.05) is 13.1 Å². The Morgan fingerprint density at radius 2 is 1.76 bits per heavy atom. The summed E-state index contributed by atoms with van der Waals surface area (Å²) < 4.78 is 12.7. The van der Waals surface area contributed by atoms with Crippen LogP contribution in [0.1, 0.15) is 30.9 Å². The summed E-state index contributed by atoms with van der Waals surface area (Å²) in [4.78, 5) is 13.6. The number of hydrogen-bond acceptors (Lipinski definition) is 2. The number of benzene rings is 1. The topological polar surface area (TPSA) is 40.5 Å². The summed E-state index contributed by atoms with van der Waals surface area (Å²) in [6, 6.07) is 5.40. The van der Waals surface area contributed by atoms with Crippen molar-refractivity contribution in [1.82, 2.24) is 4.90 Å². The third kappa shape index (κ3) is 2.82. The second kappa shape index (κ2) is 5.27. The van der Waals surface area contributed by atoms with Crippen molar-refractivity contribution >= 4 is 5.91 Å². The van der Waals surface area contributed by atoms with Gasteiger partial charge in [-0.15, -0.1) is 0 Å². The van der Waals surface area contributed by atoms with Gasteiger partial charge in [0, 0.05) is 13.1 Å². The van der Waals surface area contributed by atoms with Gasteiger partial charge in [0.05, 0.1) is 0 Å². The average Bonchev–Trinajstić information content (AvgIpc) is 2.39. The lowest BCUT2D eigenvalue weighted by Crippen LogP contribution is -2.38. The van der Waals surface area contributed by atoms with Gasteiger partial charge >= 0.3 is 0 Å². The van der Waals surface area contributed by atoms with Crippen LogP contribution in [-0.4, -0.2) is 29.0 Å². The predicted molar refractivity (Wildman–Crippen MR) is 61.8 cm³/mol. The number of hydrogen-bond donors (Lipinski definition) is 1. The number of carbonyl (C=O) groups is 1. The van der Waals surface area contributed by atoms with Crippen LogP contribution in [0.25, 0.3) is 0 Å². The molecule has 1 aliphatic rings. The van der Waals surface area contributed by atoms with Gasteiger partial charge in [0.1, 0.15) is 5.82 Å². The molecule has 1 aromatic rings. The Kier molecular flexibility index (Phi) is 3.74. The van der Waals surface area contributed by atoms with E-state index in [9.17, 15) is 14.3 Å². The minimum atomic E-state index is -1.17. The third-order valence-corrected chi connectivity index (χ3v) is 3.09. The molecule has 17 heavy (non-hydrogen) atoms. The molecule has 0 saturated carbocycles. The smallest absolute Gasteiger partial charge is 0.256 e. The Balaban J connectivity index is 2.05. The Morgan fingerprint density at radius 1 is 1.18 bits per heavy atom. The van der Waals surface area contributed by atoms with E-state index in [1.54, 1.807) is 4.90 Å². The summed E-state index contributed by atoms with van der Waals surface area (Å²) in [5.74, 6) is -0.650. The standard InChI is InChI=1S/C13H16FNO2/c14-11-6-4-10(5-7-11)12(16)13(17)15-8-2-1-3-9-15/h4-7,12,16H,1-3,8-9H2. The normalized spacial score (nSPS) is 17.9. The highest BCUT2D eigenvalue weighted by atomic mass is 19.1. The molecule has 3 nitrogen and oxygen atoms in total. The van der Waals surface area contributed by atoms with E-state index in [2.05, 4.69) is 0 Å². The van der Waals surface area contributed by atoms with Crippen molar-refractivity contribution in [1.29, 1.82) is 0 Å². The van der Waals surface area contributed by atoms with Crippen LogP contribution in [0.4, 0.5) is 4.39 Å². The summed E-state index contributed by atoms with van der Waals surface area (Å²) in [6.07, 6.45) is 1.94. The highest BCUT2D eigenvalue weighted by Crippen LogP contribution is 2.19. The molecule has 1 heterocycles. The van der Waals surface area contributed by atoms with Crippen LogP contribution >= 0.6 is 0 Å². The number of rotatable bonds is 2. The number of piperidine rings is 1. The second-order valence-electron chi connectivity index (χ2n) is 4.34. The van der Waals surface area contributed by atoms with Gasteiger partial charge < -0.3 is 10.0 Å². The van der Waals surface area contributed by atoms with Crippen LogP contribution < -0.4 is 0 Å². The molecular weight excluding hydrogens is 221 g/mol. The van der Waals surface area contributed by atoms with Crippen molar-refractivity contribution in [2.45, 2.75) is 25.4 Å². The molecule has 2 rings (SSSR count). The first-order chi connectivity index (χ1) is 8.18. The Labute approximate surface area is 99.9 Å². The van der Waals surface area contributed by atoms with Gasteiger partial charge in [0.2, 0.25) is 0 Å². The first-order valence-corrected chi connectivity index (χ1v) is 5.91. The second-order valence-corrected chi connectivity index (χ2v) is 4.34. The number of halogens is 1. The van der Waals surface area contributed by atoms with Crippen LogP contribution in [0, 0.1) is 5.82 Å². The van der Waals surface area contributed by atoms with Gasteiger partial charge in [-0.25, -0.2) is 4.39 Å². The molecule has 1 aromatic carbocycles. The highest BCUT2D eigenvalue weighted by molar-refractivity contribution is 5.82. The average molecular weight is 237 g/mol. The number of aliphatic hydroxyl groups excluding tert-OH is 1. The molecular formula is C13H16FNO2. The molecule has 92 valence electrons. The maximum atomic E-state index is 12.7. The molecule has 0 radical (unpaired) electrons. The van der Waals surface area contributed by atoms with E-state index < -0.39 is 6.10 Å². The fraction of sp³-hybridized carbons (Fsp3) is 0.462. The van der Waals surface area contributed by atoms with Crippen LogP contribution in [0.5, 0.6) is 0 Å². The molecule has 1 unspecified atom stereocenters. The third-order valence-electron chi connectivity index (χ3n) is 3.09. The van der Waals surface area contributed by atoms with E-state index in [0.717, 1.165) is 19.3 Å². The van der Waals surface area contributed by atoms with Crippen molar-refractivity contribution in [3.8, 4) is 0 Å². The number of amides is 1. The molecule has 1 fully saturated rings. The summed E-state index contributed by atoms with van der Waals surface area (Å²) in [5.41, 5.74) is 0.446. The lowest BCUT2D eigenvalue weighted by atomic mass is 10.1. The fourth-order valence-corrected chi connectivity index (χ4v) is 2.07. The molecule has 4 heteroatoms. The van der Waals surface area contributed by atoms with Crippen LogP contribution in [0.3, 0.4) is 0 Å². The maximum Gasteiger partial charge on any atom is 0.256 e. The molecule has 0 spiro atoms. The maximum absolute atomic E-state index is 12.7. The number of nitrogens with zero attached hydrogens (tertiary/aromatic N) is 1. The van der Waals surface area contributed by atoms with Crippen LogP contribution in [0.15, 0.2) is 24.3 Å². The van der Waals surface area contributed by atoms with E-state index in [4.69, 9.17) is 0 Å². The molecule has 1 saturated heterocycles. The monoisotopic (exact) mass is 237 g/mol. The van der Waals surface area contributed by atoms with E-state index in [-0.39, 0.29) is 11.7 Å². The lowest BCUT2D eigenvalue weighted by molar-refractivity contribution is -0.141. The van der Waals surface area contributed by atoms with Gasteiger partial charge in [-0.1, -0.05) is 12.1 Å². The largest absolute Gasteiger partial charge is 0.378 e. The molecule has 1 aliphatic heterocycles. The summed E-state index contributed by atoms with van der Waals surface area (Å²) in [7, 11) is 0. The molecule has 1 amide bonds.